The molecule has 0 aliphatic rings. The molecule has 0 aromatic heterocycles. The Hall–Kier alpha value is -4.27. The van der Waals surface area contributed by atoms with E-state index in [1.807, 2.05) is 0 Å². The molecule has 164 valence electrons. The lowest BCUT2D eigenvalue weighted by Gasteiger charge is -2.10. The van der Waals surface area contributed by atoms with Crippen molar-refractivity contribution in [1.29, 1.82) is 0 Å². The molecule has 0 atom stereocenters. The highest BCUT2D eigenvalue weighted by atomic mass is 19.1. The van der Waals surface area contributed by atoms with Crippen molar-refractivity contribution in [2.75, 3.05) is 19.0 Å². The predicted molar refractivity (Wildman–Crippen MR) is 115 cm³/mol. The molecule has 0 fully saturated rings. The fourth-order valence-corrected chi connectivity index (χ4v) is 2.56. The van der Waals surface area contributed by atoms with E-state index in [0.717, 1.165) is 12.1 Å². The third-order valence-corrected chi connectivity index (χ3v) is 4.17. The van der Waals surface area contributed by atoms with Gasteiger partial charge in [-0.15, -0.1) is 0 Å². The van der Waals surface area contributed by atoms with E-state index in [1.165, 1.54) is 55.8 Å². The maximum atomic E-state index is 13.0. The minimum Gasteiger partial charge on any atom is -0.493 e. The number of halogens is 2. The van der Waals surface area contributed by atoms with Gasteiger partial charge in [0, 0.05) is 5.69 Å². The molecule has 2 N–H and O–H groups in total. The molecular formula is C23H19F2N3O4. The Balaban J connectivity index is 1.55. The first-order chi connectivity index (χ1) is 15.4. The van der Waals surface area contributed by atoms with Crippen LogP contribution < -0.4 is 20.2 Å². The zero-order valence-corrected chi connectivity index (χ0v) is 17.0. The number of anilines is 1. The fraction of sp³-hybridized carbons (Fsp3) is 0.0870. The summed E-state index contributed by atoms with van der Waals surface area (Å²) in [5.74, 6) is -1.44. The van der Waals surface area contributed by atoms with Crippen molar-refractivity contribution in [3.05, 3.63) is 89.5 Å². The van der Waals surface area contributed by atoms with Gasteiger partial charge in [-0.1, -0.05) is 0 Å². The number of hydrazone groups is 1. The van der Waals surface area contributed by atoms with Gasteiger partial charge in [0.2, 0.25) is 0 Å². The second kappa shape index (κ2) is 10.7. The summed E-state index contributed by atoms with van der Waals surface area (Å²) in [6, 6.07) is 15.3. The molecule has 0 radical (unpaired) electrons. The van der Waals surface area contributed by atoms with Gasteiger partial charge < -0.3 is 14.8 Å². The summed E-state index contributed by atoms with van der Waals surface area (Å²) >= 11 is 0. The number of ether oxygens (including phenoxy) is 2. The highest BCUT2D eigenvalue weighted by Crippen LogP contribution is 2.28. The van der Waals surface area contributed by atoms with Gasteiger partial charge in [-0.3, -0.25) is 4.79 Å². The first-order valence-electron chi connectivity index (χ1n) is 9.42. The van der Waals surface area contributed by atoms with Crippen LogP contribution in [0.25, 0.3) is 0 Å². The standard InChI is InChI=1S/C23H19F2N3O4/c1-31-21-12-15(2-11-20(21)32-23(30)16-3-5-17(24)6-4-16)13-27-28-22(29)14-26-19-9-7-18(25)8-10-19/h2-13,26H,14H2,1H3,(H,28,29)/b27-13-. The molecule has 0 heterocycles. The number of hydrogen-bond acceptors (Lipinski definition) is 6. The Morgan fingerprint density at radius 1 is 0.938 bits per heavy atom. The molecule has 9 heteroatoms. The third-order valence-electron chi connectivity index (χ3n) is 4.17. The molecule has 1 amide bonds. The average molecular weight is 439 g/mol. The van der Waals surface area contributed by atoms with E-state index in [4.69, 9.17) is 9.47 Å². The van der Waals surface area contributed by atoms with Gasteiger partial charge in [0.05, 0.1) is 25.4 Å². The molecule has 0 saturated heterocycles. The minimum atomic E-state index is -0.661. The molecule has 3 aromatic carbocycles. The lowest BCUT2D eigenvalue weighted by atomic mass is 10.2. The topological polar surface area (TPSA) is 89.0 Å². The van der Waals surface area contributed by atoms with E-state index in [9.17, 15) is 18.4 Å². The lowest BCUT2D eigenvalue weighted by Crippen LogP contribution is -2.25. The lowest BCUT2D eigenvalue weighted by molar-refractivity contribution is -0.119. The summed E-state index contributed by atoms with van der Waals surface area (Å²) in [5, 5.41) is 6.71. The van der Waals surface area contributed by atoms with Gasteiger partial charge >= 0.3 is 5.97 Å². The normalized spacial score (nSPS) is 10.6. The molecule has 0 saturated carbocycles. The highest BCUT2D eigenvalue weighted by molar-refractivity contribution is 5.91. The van der Waals surface area contributed by atoms with Crippen LogP contribution in [0.3, 0.4) is 0 Å². The van der Waals surface area contributed by atoms with Crippen molar-refractivity contribution >= 4 is 23.8 Å². The van der Waals surface area contributed by atoms with Gasteiger partial charge in [0.25, 0.3) is 5.91 Å². The van der Waals surface area contributed by atoms with E-state index in [2.05, 4.69) is 15.8 Å². The Bertz CT molecular complexity index is 1120. The van der Waals surface area contributed by atoms with Crippen LogP contribution in [0.15, 0.2) is 71.8 Å². The van der Waals surface area contributed by atoms with Crippen molar-refractivity contribution in [1.82, 2.24) is 5.43 Å². The summed E-state index contributed by atoms with van der Waals surface area (Å²) in [5.41, 5.74) is 3.73. The summed E-state index contributed by atoms with van der Waals surface area (Å²) < 4.78 is 36.4. The van der Waals surface area contributed by atoms with Crippen molar-refractivity contribution in [2.24, 2.45) is 5.10 Å². The predicted octanol–water partition coefficient (Wildman–Crippen LogP) is 3.75. The quantitative estimate of drug-likeness (QED) is 0.242. The van der Waals surface area contributed by atoms with E-state index in [0.29, 0.717) is 11.3 Å². The highest BCUT2D eigenvalue weighted by Gasteiger charge is 2.13. The molecule has 0 spiro atoms. The van der Waals surface area contributed by atoms with Gasteiger partial charge in [0.15, 0.2) is 11.5 Å². The van der Waals surface area contributed by atoms with Gasteiger partial charge in [-0.2, -0.15) is 5.10 Å². The van der Waals surface area contributed by atoms with E-state index >= 15 is 0 Å². The second-order valence-electron chi connectivity index (χ2n) is 6.46. The zero-order chi connectivity index (χ0) is 22.9. The van der Waals surface area contributed by atoms with Gasteiger partial charge in [-0.05, 0) is 72.3 Å². The van der Waals surface area contributed by atoms with Crippen molar-refractivity contribution in [3.63, 3.8) is 0 Å². The van der Waals surface area contributed by atoms with Crippen LogP contribution in [0.2, 0.25) is 0 Å². The van der Waals surface area contributed by atoms with Crippen LogP contribution in [-0.2, 0) is 4.79 Å². The van der Waals surface area contributed by atoms with Gasteiger partial charge in [0.1, 0.15) is 11.6 Å². The van der Waals surface area contributed by atoms with Crippen LogP contribution in [0.1, 0.15) is 15.9 Å². The number of benzene rings is 3. The molecule has 0 bridgehead atoms. The number of rotatable bonds is 8. The minimum absolute atomic E-state index is 0.0510. The maximum Gasteiger partial charge on any atom is 0.343 e. The summed E-state index contributed by atoms with van der Waals surface area (Å²) in [4.78, 5) is 24.1. The Labute approximate surface area is 182 Å². The van der Waals surface area contributed by atoms with E-state index in [1.54, 1.807) is 12.1 Å². The van der Waals surface area contributed by atoms with E-state index < -0.39 is 17.7 Å². The number of amides is 1. The van der Waals surface area contributed by atoms with Crippen LogP contribution in [0.5, 0.6) is 11.5 Å². The van der Waals surface area contributed by atoms with Gasteiger partial charge in [-0.25, -0.2) is 19.0 Å². The number of esters is 1. The largest absolute Gasteiger partial charge is 0.493 e. The zero-order valence-electron chi connectivity index (χ0n) is 17.0. The van der Waals surface area contributed by atoms with Crippen LogP contribution in [0, 0.1) is 11.6 Å². The molecule has 7 nitrogen and oxygen atoms in total. The van der Waals surface area contributed by atoms with Crippen LogP contribution in [-0.4, -0.2) is 31.7 Å². The molecule has 3 rings (SSSR count). The number of nitrogens with zero attached hydrogens (tertiary/aromatic N) is 1. The number of nitrogens with one attached hydrogen (secondary N) is 2. The average Bonchev–Trinajstić information content (AvgIpc) is 2.80. The summed E-state index contributed by atoms with van der Waals surface area (Å²) in [7, 11) is 1.41. The summed E-state index contributed by atoms with van der Waals surface area (Å²) in [6.07, 6.45) is 1.39. The number of hydrogen-bond donors (Lipinski definition) is 2. The SMILES string of the molecule is COc1cc(/C=N\NC(=O)CNc2ccc(F)cc2)ccc1OC(=O)c1ccc(F)cc1. The second-order valence-corrected chi connectivity index (χ2v) is 6.46. The van der Waals surface area contributed by atoms with Crippen molar-refractivity contribution < 1.29 is 27.8 Å². The third kappa shape index (κ3) is 6.36. The van der Waals surface area contributed by atoms with Crippen LogP contribution >= 0.6 is 0 Å². The first kappa shape index (κ1) is 22.4. The van der Waals surface area contributed by atoms with Crippen molar-refractivity contribution in [2.45, 2.75) is 0 Å². The molecule has 32 heavy (non-hydrogen) atoms. The Morgan fingerprint density at radius 2 is 1.59 bits per heavy atom. The number of carbonyl (C=O) groups is 2. The Morgan fingerprint density at radius 3 is 2.25 bits per heavy atom. The molecule has 3 aromatic rings. The van der Waals surface area contributed by atoms with Crippen LogP contribution in [0.4, 0.5) is 14.5 Å². The number of carbonyl (C=O) groups excluding carboxylic acids is 2. The molecule has 0 aliphatic heterocycles. The Kier molecular flexibility index (Phi) is 7.47. The first-order valence-corrected chi connectivity index (χ1v) is 9.42. The van der Waals surface area contributed by atoms with E-state index in [-0.39, 0.29) is 29.4 Å². The van der Waals surface area contributed by atoms with Crippen molar-refractivity contribution in [3.8, 4) is 11.5 Å². The smallest absolute Gasteiger partial charge is 0.343 e. The molecular weight excluding hydrogens is 420 g/mol. The fourth-order valence-electron chi connectivity index (χ4n) is 2.56. The molecule has 0 unspecified atom stereocenters. The molecule has 0 aliphatic carbocycles. The number of methoxy groups -OCH3 is 1. The summed E-state index contributed by atoms with van der Waals surface area (Å²) in [6.45, 7) is -0.0510. The monoisotopic (exact) mass is 439 g/mol. The maximum absolute atomic E-state index is 13.0.